The second-order valence-corrected chi connectivity index (χ2v) is 3.84. The Labute approximate surface area is 91.5 Å². The Balaban J connectivity index is 2.68. The molecule has 0 aliphatic carbocycles. The summed E-state index contributed by atoms with van der Waals surface area (Å²) in [6, 6.07) is 0. The van der Waals surface area contributed by atoms with Crippen molar-refractivity contribution < 1.29 is 0 Å². The van der Waals surface area contributed by atoms with Gasteiger partial charge in [-0.05, 0) is 12.8 Å². The summed E-state index contributed by atoms with van der Waals surface area (Å²) in [5.74, 6) is 2.48. The van der Waals surface area contributed by atoms with Crippen molar-refractivity contribution in [2.75, 3.05) is 24.2 Å². The van der Waals surface area contributed by atoms with Gasteiger partial charge in [0.05, 0.1) is 0 Å². The largest absolute Gasteiger partial charge is 0.373 e. The zero-order chi connectivity index (χ0) is 11.3. The van der Waals surface area contributed by atoms with Crippen LogP contribution in [0.15, 0.2) is 6.33 Å². The third-order valence-electron chi connectivity index (χ3n) is 2.64. The van der Waals surface area contributed by atoms with Gasteiger partial charge in [0.15, 0.2) is 0 Å². The summed E-state index contributed by atoms with van der Waals surface area (Å²) in [7, 11) is 1.87. The van der Waals surface area contributed by atoms with E-state index in [0.29, 0.717) is 5.92 Å². The zero-order valence-electron chi connectivity index (χ0n) is 9.96. The van der Waals surface area contributed by atoms with Gasteiger partial charge in [0.1, 0.15) is 18.0 Å². The summed E-state index contributed by atoms with van der Waals surface area (Å²) in [5.41, 5.74) is 1.07. The van der Waals surface area contributed by atoms with E-state index in [9.17, 15) is 0 Å². The number of rotatable bonds is 5. The standard InChI is InChI=1S/C11H20N4/c1-5-8(2)6-13-11-9(3)10(12-4)14-7-15-11/h7-8H,5-6H2,1-4H3,(H2,12,13,14,15). The first-order valence-corrected chi connectivity index (χ1v) is 5.42. The fourth-order valence-electron chi connectivity index (χ4n) is 1.30. The second kappa shape index (κ2) is 5.53. The lowest BCUT2D eigenvalue weighted by atomic mass is 10.1. The van der Waals surface area contributed by atoms with Crippen LogP contribution in [-0.2, 0) is 0 Å². The summed E-state index contributed by atoms with van der Waals surface area (Å²) in [5, 5.41) is 6.39. The van der Waals surface area contributed by atoms with Gasteiger partial charge in [-0.15, -0.1) is 0 Å². The highest BCUT2D eigenvalue weighted by Gasteiger charge is 2.06. The highest BCUT2D eigenvalue weighted by molar-refractivity contribution is 5.55. The molecule has 4 nitrogen and oxygen atoms in total. The minimum absolute atomic E-state index is 0.664. The van der Waals surface area contributed by atoms with Gasteiger partial charge < -0.3 is 10.6 Å². The summed E-state index contributed by atoms with van der Waals surface area (Å²) in [4.78, 5) is 8.37. The number of nitrogens with one attached hydrogen (secondary N) is 2. The first-order chi connectivity index (χ1) is 7.19. The van der Waals surface area contributed by atoms with E-state index in [1.54, 1.807) is 6.33 Å². The Morgan fingerprint density at radius 1 is 1.33 bits per heavy atom. The zero-order valence-corrected chi connectivity index (χ0v) is 9.96. The van der Waals surface area contributed by atoms with Gasteiger partial charge in [-0.1, -0.05) is 20.3 Å². The van der Waals surface area contributed by atoms with E-state index in [0.717, 1.165) is 23.7 Å². The molecule has 0 amide bonds. The van der Waals surface area contributed by atoms with Crippen molar-refractivity contribution in [3.63, 3.8) is 0 Å². The predicted octanol–water partition coefficient (Wildman–Crippen LogP) is 2.28. The molecule has 0 fully saturated rings. The minimum Gasteiger partial charge on any atom is -0.373 e. The lowest BCUT2D eigenvalue weighted by Crippen LogP contribution is -2.13. The van der Waals surface area contributed by atoms with Crippen molar-refractivity contribution in [3.05, 3.63) is 11.9 Å². The molecule has 0 spiro atoms. The molecule has 1 atom stereocenters. The van der Waals surface area contributed by atoms with Gasteiger partial charge in [-0.25, -0.2) is 9.97 Å². The monoisotopic (exact) mass is 208 g/mol. The Hall–Kier alpha value is -1.32. The summed E-state index contributed by atoms with van der Waals surface area (Å²) in [6.45, 7) is 7.39. The summed E-state index contributed by atoms with van der Waals surface area (Å²) >= 11 is 0. The Bertz CT molecular complexity index is 311. The quantitative estimate of drug-likeness (QED) is 0.779. The van der Waals surface area contributed by atoms with Crippen molar-refractivity contribution in [2.24, 2.45) is 5.92 Å². The molecule has 0 aliphatic heterocycles. The highest BCUT2D eigenvalue weighted by Crippen LogP contribution is 2.17. The van der Waals surface area contributed by atoms with Crippen molar-refractivity contribution in [1.29, 1.82) is 0 Å². The second-order valence-electron chi connectivity index (χ2n) is 3.84. The van der Waals surface area contributed by atoms with E-state index in [1.165, 1.54) is 6.42 Å². The average Bonchev–Trinajstić information content (AvgIpc) is 2.27. The van der Waals surface area contributed by atoms with E-state index in [-0.39, 0.29) is 0 Å². The van der Waals surface area contributed by atoms with Gasteiger partial charge in [-0.3, -0.25) is 0 Å². The van der Waals surface area contributed by atoms with Gasteiger partial charge >= 0.3 is 0 Å². The normalized spacial score (nSPS) is 12.3. The van der Waals surface area contributed by atoms with Crippen molar-refractivity contribution in [2.45, 2.75) is 27.2 Å². The summed E-state index contributed by atoms with van der Waals surface area (Å²) < 4.78 is 0. The van der Waals surface area contributed by atoms with E-state index in [4.69, 9.17) is 0 Å². The first kappa shape index (κ1) is 11.8. The summed E-state index contributed by atoms with van der Waals surface area (Å²) in [6.07, 6.45) is 2.76. The van der Waals surface area contributed by atoms with Crippen molar-refractivity contribution in [3.8, 4) is 0 Å². The molecule has 1 aromatic rings. The number of aromatic nitrogens is 2. The van der Waals surface area contributed by atoms with E-state index >= 15 is 0 Å². The van der Waals surface area contributed by atoms with Gasteiger partial charge in [0, 0.05) is 19.2 Å². The molecule has 15 heavy (non-hydrogen) atoms. The van der Waals surface area contributed by atoms with Gasteiger partial charge in [0.25, 0.3) is 0 Å². The fourth-order valence-corrected chi connectivity index (χ4v) is 1.30. The lowest BCUT2D eigenvalue weighted by molar-refractivity contribution is 0.592. The van der Waals surface area contributed by atoms with Crippen molar-refractivity contribution in [1.82, 2.24) is 9.97 Å². The number of anilines is 2. The van der Waals surface area contributed by atoms with Crippen LogP contribution < -0.4 is 10.6 Å². The molecule has 1 aromatic heterocycles. The molecule has 0 aromatic carbocycles. The van der Waals surface area contributed by atoms with Crippen LogP contribution >= 0.6 is 0 Å². The predicted molar refractivity (Wildman–Crippen MR) is 64.3 cm³/mol. The lowest BCUT2D eigenvalue weighted by Gasteiger charge is -2.13. The van der Waals surface area contributed by atoms with E-state index in [2.05, 4.69) is 34.4 Å². The van der Waals surface area contributed by atoms with E-state index in [1.807, 2.05) is 14.0 Å². The molecule has 0 aliphatic rings. The van der Waals surface area contributed by atoms with Crippen LogP contribution in [0.5, 0.6) is 0 Å². The molecule has 0 saturated carbocycles. The van der Waals surface area contributed by atoms with Crippen LogP contribution in [0, 0.1) is 12.8 Å². The average molecular weight is 208 g/mol. The Morgan fingerprint density at radius 3 is 2.60 bits per heavy atom. The SMILES string of the molecule is CCC(C)CNc1ncnc(NC)c1C. The molecule has 0 saturated heterocycles. The molecule has 2 N–H and O–H groups in total. The maximum atomic E-state index is 4.23. The molecular weight excluding hydrogens is 188 g/mol. The first-order valence-electron chi connectivity index (χ1n) is 5.42. The molecule has 4 heteroatoms. The number of hydrogen-bond donors (Lipinski definition) is 2. The maximum Gasteiger partial charge on any atom is 0.134 e. The van der Waals surface area contributed by atoms with Crippen LogP contribution in [0.3, 0.4) is 0 Å². The van der Waals surface area contributed by atoms with E-state index < -0.39 is 0 Å². The van der Waals surface area contributed by atoms with Crippen LogP contribution in [0.2, 0.25) is 0 Å². The maximum absolute atomic E-state index is 4.23. The molecule has 84 valence electrons. The molecule has 1 unspecified atom stereocenters. The molecule has 1 heterocycles. The van der Waals surface area contributed by atoms with Crippen molar-refractivity contribution >= 4 is 11.6 Å². The Kier molecular flexibility index (Phi) is 4.34. The number of hydrogen-bond acceptors (Lipinski definition) is 4. The highest BCUT2D eigenvalue weighted by atomic mass is 15.1. The smallest absolute Gasteiger partial charge is 0.134 e. The van der Waals surface area contributed by atoms with Gasteiger partial charge in [0.2, 0.25) is 0 Å². The van der Waals surface area contributed by atoms with Crippen LogP contribution in [-0.4, -0.2) is 23.6 Å². The Morgan fingerprint density at radius 2 is 2.00 bits per heavy atom. The molecule has 1 rings (SSSR count). The van der Waals surface area contributed by atoms with Crippen LogP contribution in [0.1, 0.15) is 25.8 Å². The third kappa shape index (κ3) is 3.08. The van der Waals surface area contributed by atoms with Crippen LogP contribution in [0.4, 0.5) is 11.6 Å². The molecule has 0 bridgehead atoms. The fraction of sp³-hybridized carbons (Fsp3) is 0.636. The number of nitrogens with zero attached hydrogens (tertiary/aromatic N) is 2. The topological polar surface area (TPSA) is 49.8 Å². The van der Waals surface area contributed by atoms with Gasteiger partial charge in [-0.2, -0.15) is 0 Å². The molecule has 0 radical (unpaired) electrons. The third-order valence-corrected chi connectivity index (χ3v) is 2.64. The molecular formula is C11H20N4. The minimum atomic E-state index is 0.664. The van der Waals surface area contributed by atoms with Crippen LogP contribution in [0.25, 0.3) is 0 Å².